The van der Waals surface area contributed by atoms with Crippen LogP contribution in [0.5, 0.6) is 11.5 Å². The van der Waals surface area contributed by atoms with Crippen molar-refractivity contribution in [1.82, 2.24) is 10.3 Å². The van der Waals surface area contributed by atoms with Crippen LogP contribution in [0.1, 0.15) is 24.2 Å². The van der Waals surface area contributed by atoms with Crippen LogP contribution in [-0.4, -0.2) is 25.7 Å². The second-order valence-electron chi connectivity index (χ2n) is 4.92. The highest BCUT2D eigenvalue weighted by Crippen LogP contribution is 2.22. The lowest BCUT2D eigenvalue weighted by Gasteiger charge is -2.11. The summed E-state index contributed by atoms with van der Waals surface area (Å²) in [5, 5.41) is 3.16. The molecule has 0 amide bonds. The molecule has 0 saturated carbocycles. The summed E-state index contributed by atoms with van der Waals surface area (Å²) in [6.07, 6.45) is 2.66. The van der Waals surface area contributed by atoms with Gasteiger partial charge in [0, 0.05) is 13.2 Å². The van der Waals surface area contributed by atoms with E-state index < -0.39 is 0 Å². The van der Waals surface area contributed by atoms with Gasteiger partial charge in [-0.25, -0.2) is 0 Å². The summed E-state index contributed by atoms with van der Waals surface area (Å²) in [7, 11) is 3.63. The third-order valence-corrected chi connectivity index (χ3v) is 3.39. The molecule has 4 nitrogen and oxygen atoms in total. The maximum Gasteiger partial charge on any atom is 0.145 e. The normalized spacial score (nSPS) is 12.1. The average Bonchev–Trinajstić information content (AvgIpc) is 2.54. The van der Waals surface area contributed by atoms with Gasteiger partial charge in [-0.3, -0.25) is 4.98 Å². The first-order chi connectivity index (χ1) is 10.2. The van der Waals surface area contributed by atoms with Gasteiger partial charge in [0.15, 0.2) is 0 Å². The van der Waals surface area contributed by atoms with Gasteiger partial charge >= 0.3 is 0 Å². The summed E-state index contributed by atoms with van der Waals surface area (Å²) in [5.74, 6) is 1.55. The van der Waals surface area contributed by atoms with Crippen LogP contribution >= 0.6 is 0 Å². The van der Waals surface area contributed by atoms with E-state index in [-0.39, 0.29) is 6.04 Å². The zero-order chi connectivity index (χ0) is 15.1. The fourth-order valence-electron chi connectivity index (χ4n) is 1.94. The number of hydrogen-bond donors (Lipinski definition) is 1. The number of pyridine rings is 1. The van der Waals surface area contributed by atoms with E-state index in [2.05, 4.69) is 29.4 Å². The van der Waals surface area contributed by atoms with Gasteiger partial charge < -0.3 is 14.8 Å². The van der Waals surface area contributed by atoms with Crippen molar-refractivity contribution in [1.29, 1.82) is 0 Å². The van der Waals surface area contributed by atoms with Gasteiger partial charge in [-0.15, -0.1) is 0 Å². The second-order valence-corrected chi connectivity index (χ2v) is 4.92. The summed E-state index contributed by atoms with van der Waals surface area (Å²) in [4.78, 5) is 4.40. The van der Waals surface area contributed by atoms with Crippen molar-refractivity contribution in [2.24, 2.45) is 0 Å². The molecule has 1 atom stereocenters. The Balaban J connectivity index is 1.97. The molecule has 112 valence electrons. The fourth-order valence-corrected chi connectivity index (χ4v) is 1.94. The standard InChI is InChI=1S/C17H22N2O2/c1-13(18-2)17-9-8-16(12-19-17)21-15-6-4-14(5-7-15)10-11-20-3/h4-9,12-13,18H,10-11H2,1-3H3. The van der Waals surface area contributed by atoms with Gasteiger partial charge in [0.2, 0.25) is 0 Å². The number of aromatic nitrogens is 1. The minimum atomic E-state index is 0.235. The minimum Gasteiger partial charge on any atom is -0.456 e. The molecule has 1 aromatic carbocycles. The third-order valence-electron chi connectivity index (χ3n) is 3.39. The van der Waals surface area contributed by atoms with E-state index in [1.165, 1.54) is 5.56 Å². The number of hydrogen-bond acceptors (Lipinski definition) is 4. The number of ether oxygens (including phenoxy) is 2. The Morgan fingerprint density at radius 1 is 1.10 bits per heavy atom. The fraction of sp³-hybridized carbons (Fsp3) is 0.353. The molecule has 1 N–H and O–H groups in total. The lowest BCUT2D eigenvalue weighted by Crippen LogP contribution is -2.13. The summed E-state index contributed by atoms with van der Waals surface area (Å²) in [6.45, 7) is 2.80. The summed E-state index contributed by atoms with van der Waals surface area (Å²) < 4.78 is 10.9. The summed E-state index contributed by atoms with van der Waals surface area (Å²) >= 11 is 0. The molecule has 1 heterocycles. The highest BCUT2D eigenvalue weighted by atomic mass is 16.5. The highest BCUT2D eigenvalue weighted by Gasteiger charge is 2.04. The van der Waals surface area contributed by atoms with Gasteiger partial charge in [-0.2, -0.15) is 0 Å². The summed E-state index contributed by atoms with van der Waals surface area (Å²) in [5.41, 5.74) is 2.24. The van der Waals surface area contributed by atoms with Crippen LogP contribution in [0.4, 0.5) is 0 Å². The Hall–Kier alpha value is -1.91. The van der Waals surface area contributed by atoms with Crippen LogP contribution in [0.25, 0.3) is 0 Å². The molecule has 2 aromatic rings. The van der Waals surface area contributed by atoms with E-state index in [1.54, 1.807) is 13.3 Å². The Morgan fingerprint density at radius 3 is 2.38 bits per heavy atom. The molecule has 2 rings (SSSR count). The van der Waals surface area contributed by atoms with E-state index in [0.717, 1.165) is 30.2 Å². The molecule has 4 heteroatoms. The molecule has 0 radical (unpaired) electrons. The molecule has 0 aliphatic heterocycles. The SMILES string of the molecule is CNC(C)c1ccc(Oc2ccc(CCOC)cc2)cn1. The maximum atomic E-state index is 5.79. The quantitative estimate of drug-likeness (QED) is 0.847. The zero-order valence-electron chi connectivity index (χ0n) is 12.8. The number of methoxy groups -OCH3 is 1. The van der Waals surface area contributed by atoms with Gasteiger partial charge in [0.05, 0.1) is 18.5 Å². The maximum absolute atomic E-state index is 5.79. The first-order valence-corrected chi connectivity index (χ1v) is 7.12. The number of rotatable bonds is 7. The largest absolute Gasteiger partial charge is 0.456 e. The molecule has 0 aliphatic carbocycles. The minimum absolute atomic E-state index is 0.235. The molecule has 0 saturated heterocycles. The summed E-state index contributed by atoms with van der Waals surface area (Å²) in [6, 6.07) is 12.2. The van der Waals surface area contributed by atoms with Crippen molar-refractivity contribution in [2.75, 3.05) is 20.8 Å². The molecular formula is C17H22N2O2. The smallest absolute Gasteiger partial charge is 0.145 e. The number of nitrogens with zero attached hydrogens (tertiary/aromatic N) is 1. The van der Waals surface area contributed by atoms with E-state index in [1.807, 2.05) is 31.3 Å². The lowest BCUT2D eigenvalue weighted by atomic mass is 10.1. The predicted molar refractivity (Wildman–Crippen MR) is 83.8 cm³/mol. The van der Waals surface area contributed by atoms with E-state index >= 15 is 0 Å². The van der Waals surface area contributed by atoms with Crippen LogP contribution in [0.2, 0.25) is 0 Å². The van der Waals surface area contributed by atoms with Crippen LogP contribution < -0.4 is 10.1 Å². The predicted octanol–water partition coefficient (Wildman–Crippen LogP) is 3.34. The van der Waals surface area contributed by atoms with Gasteiger partial charge in [-0.05, 0) is 50.2 Å². The van der Waals surface area contributed by atoms with Crippen molar-refractivity contribution in [3.05, 3.63) is 53.9 Å². The third kappa shape index (κ3) is 4.55. The van der Waals surface area contributed by atoms with E-state index in [0.29, 0.717) is 0 Å². The van der Waals surface area contributed by atoms with Gasteiger partial charge in [0.25, 0.3) is 0 Å². The molecule has 0 spiro atoms. The van der Waals surface area contributed by atoms with E-state index in [4.69, 9.17) is 9.47 Å². The van der Waals surface area contributed by atoms with Crippen molar-refractivity contribution >= 4 is 0 Å². The monoisotopic (exact) mass is 286 g/mol. The first kappa shape index (κ1) is 15.5. The molecular weight excluding hydrogens is 264 g/mol. The van der Waals surface area contributed by atoms with Gasteiger partial charge in [0.1, 0.15) is 11.5 Å². The lowest BCUT2D eigenvalue weighted by molar-refractivity contribution is 0.202. The zero-order valence-corrected chi connectivity index (χ0v) is 12.8. The number of nitrogens with one attached hydrogen (secondary N) is 1. The van der Waals surface area contributed by atoms with Crippen LogP contribution in [0, 0.1) is 0 Å². The molecule has 0 fully saturated rings. The molecule has 1 unspecified atom stereocenters. The average molecular weight is 286 g/mol. The Bertz CT molecular complexity index is 538. The Morgan fingerprint density at radius 2 is 1.81 bits per heavy atom. The highest BCUT2D eigenvalue weighted by molar-refractivity contribution is 5.32. The van der Waals surface area contributed by atoms with Crippen molar-refractivity contribution in [3.63, 3.8) is 0 Å². The van der Waals surface area contributed by atoms with Gasteiger partial charge in [-0.1, -0.05) is 12.1 Å². The van der Waals surface area contributed by atoms with Crippen LogP contribution in [0.3, 0.4) is 0 Å². The van der Waals surface area contributed by atoms with Crippen LogP contribution in [-0.2, 0) is 11.2 Å². The molecule has 0 aliphatic rings. The van der Waals surface area contributed by atoms with E-state index in [9.17, 15) is 0 Å². The van der Waals surface area contributed by atoms with Crippen molar-refractivity contribution < 1.29 is 9.47 Å². The molecule has 21 heavy (non-hydrogen) atoms. The molecule has 1 aromatic heterocycles. The topological polar surface area (TPSA) is 43.4 Å². The Labute approximate surface area is 126 Å². The second kappa shape index (κ2) is 7.76. The van der Waals surface area contributed by atoms with Crippen molar-refractivity contribution in [3.8, 4) is 11.5 Å². The Kier molecular flexibility index (Phi) is 5.72. The first-order valence-electron chi connectivity index (χ1n) is 7.12. The number of benzene rings is 1. The van der Waals surface area contributed by atoms with Crippen LogP contribution in [0.15, 0.2) is 42.6 Å². The van der Waals surface area contributed by atoms with Crippen molar-refractivity contribution in [2.45, 2.75) is 19.4 Å². The molecule has 0 bridgehead atoms.